The molecule has 0 saturated heterocycles. The molecule has 7 heteroatoms. The summed E-state index contributed by atoms with van der Waals surface area (Å²) in [5.74, 6) is 1.81. The van der Waals surface area contributed by atoms with Crippen LogP contribution in [0.25, 0.3) is 5.69 Å². The van der Waals surface area contributed by atoms with Crippen LogP contribution in [0.2, 0.25) is 0 Å². The highest BCUT2D eigenvalue weighted by molar-refractivity contribution is 7.98. The lowest BCUT2D eigenvalue weighted by atomic mass is 10.3. The summed E-state index contributed by atoms with van der Waals surface area (Å²) in [6.07, 6.45) is 1.69. The maximum Gasteiger partial charge on any atom is 0.223 e. The van der Waals surface area contributed by atoms with Gasteiger partial charge in [0.25, 0.3) is 0 Å². The normalized spacial score (nSPS) is 10.8. The molecular weight excluding hydrogens is 262 g/mol. The Hall–Kier alpha value is -2.15. The first kappa shape index (κ1) is 11.9. The molecule has 3 rings (SSSR count). The monoisotopic (exact) mass is 273 g/mol. The minimum atomic E-state index is 0.568. The predicted octanol–water partition coefficient (Wildman–Crippen LogP) is 2.25. The third kappa shape index (κ3) is 2.82. The van der Waals surface area contributed by atoms with Gasteiger partial charge in [-0.2, -0.15) is 4.98 Å². The van der Waals surface area contributed by atoms with Crippen LogP contribution in [0.1, 0.15) is 11.7 Å². The molecule has 0 saturated carbocycles. The van der Waals surface area contributed by atoms with Gasteiger partial charge >= 0.3 is 0 Å². The molecule has 19 heavy (non-hydrogen) atoms. The maximum absolute atomic E-state index is 4.91. The third-order valence-electron chi connectivity index (χ3n) is 2.39. The summed E-state index contributed by atoms with van der Waals surface area (Å²) in [6, 6.07) is 9.85. The Labute approximate surface area is 113 Å². The SMILES string of the molecule is Cc1nc(CSc2ncn(-c3ccccc3)n2)no1. The van der Waals surface area contributed by atoms with E-state index >= 15 is 0 Å². The first-order valence-corrected chi connectivity index (χ1v) is 6.69. The van der Waals surface area contributed by atoms with Crippen molar-refractivity contribution in [1.82, 2.24) is 24.9 Å². The minimum absolute atomic E-state index is 0.568. The standard InChI is InChI=1S/C12H11N5OS/c1-9-14-11(16-18-9)7-19-12-13-8-17(15-12)10-5-3-2-4-6-10/h2-6,8H,7H2,1H3. The fraction of sp³-hybridized carbons (Fsp3) is 0.167. The molecule has 0 radical (unpaired) electrons. The van der Waals surface area contributed by atoms with Crippen molar-refractivity contribution in [3.63, 3.8) is 0 Å². The van der Waals surface area contributed by atoms with Crippen molar-refractivity contribution in [3.05, 3.63) is 48.4 Å². The summed E-state index contributed by atoms with van der Waals surface area (Å²) in [5, 5.41) is 8.90. The summed E-state index contributed by atoms with van der Waals surface area (Å²) in [7, 11) is 0. The fourth-order valence-electron chi connectivity index (χ4n) is 1.55. The van der Waals surface area contributed by atoms with E-state index in [1.807, 2.05) is 30.3 Å². The van der Waals surface area contributed by atoms with Gasteiger partial charge in [0.15, 0.2) is 5.82 Å². The van der Waals surface area contributed by atoms with Crippen molar-refractivity contribution in [2.45, 2.75) is 17.8 Å². The van der Waals surface area contributed by atoms with Gasteiger partial charge in [0, 0.05) is 6.92 Å². The molecule has 2 heterocycles. The average molecular weight is 273 g/mol. The molecule has 0 N–H and O–H groups in total. The lowest BCUT2D eigenvalue weighted by molar-refractivity contribution is 0.389. The second-order valence-corrected chi connectivity index (χ2v) is 4.77. The van der Waals surface area contributed by atoms with E-state index in [-0.39, 0.29) is 0 Å². The maximum atomic E-state index is 4.91. The molecule has 96 valence electrons. The highest BCUT2D eigenvalue weighted by atomic mass is 32.2. The van der Waals surface area contributed by atoms with Gasteiger partial charge in [-0.25, -0.2) is 9.67 Å². The molecule has 6 nitrogen and oxygen atoms in total. The predicted molar refractivity (Wildman–Crippen MR) is 70.0 cm³/mol. The third-order valence-corrected chi connectivity index (χ3v) is 3.24. The summed E-state index contributed by atoms with van der Waals surface area (Å²) in [5.41, 5.74) is 0.984. The summed E-state index contributed by atoms with van der Waals surface area (Å²) >= 11 is 1.47. The van der Waals surface area contributed by atoms with Gasteiger partial charge in [0.2, 0.25) is 11.0 Å². The van der Waals surface area contributed by atoms with Crippen molar-refractivity contribution in [2.24, 2.45) is 0 Å². The van der Waals surface area contributed by atoms with E-state index in [2.05, 4.69) is 20.2 Å². The number of rotatable bonds is 4. The van der Waals surface area contributed by atoms with Crippen LogP contribution >= 0.6 is 11.8 Å². The second kappa shape index (κ2) is 5.23. The Morgan fingerprint density at radius 2 is 2.11 bits per heavy atom. The van der Waals surface area contributed by atoms with E-state index < -0.39 is 0 Å². The van der Waals surface area contributed by atoms with Crippen molar-refractivity contribution >= 4 is 11.8 Å². The Kier molecular flexibility index (Phi) is 3.28. The molecule has 0 unspecified atom stereocenters. The van der Waals surface area contributed by atoms with Crippen LogP contribution < -0.4 is 0 Å². The minimum Gasteiger partial charge on any atom is -0.340 e. The van der Waals surface area contributed by atoms with Crippen molar-refractivity contribution in [3.8, 4) is 5.69 Å². The number of benzene rings is 1. The Morgan fingerprint density at radius 1 is 1.26 bits per heavy atom. The zero-order chi connectivity index (χ0) is 13.1. The Morgan fingerprint density at radius 3 is 2.84 bits per heavy atom. The molecule has 0 fully saturated rings. The molecule has 0 atom stereocenters. The topological polar surface area (TPSA) is 69.6 Å². The lowest BCUT2D eigenvalue weighted by Gasteiger charge is -1.97. The Bertz CT molecular complexity index is 664. The number of thioether (sulfide) groups is 1. The lowest BCUT2D eigenvalue weighted by Crippen LogP contribution is -1.93. The van der Waals surface area contributed by atoms with Crippen LogP contribution in [0.4, 0.5) is 0 Å². The van der Waals surface area contributed by atoms with Crippen molar-refractivity contribution in [1.29, 1.82) is 0 Å². The van der Waals surface area contributed by atoms with E-state index in [9.17, 15) is 0 Å². The van der Waals surface area contributed by atoms with Gasteiger partial charge in [-0.1, -0.05) is 35.1 Å². The van der Waals surface area contributed by atoms with Gasteiger partial charge in [-0.15, -0.1) is 5.10 Å². The van der Waals surface area contributed by atoms with E-state index in [1.54, 1.807) is 17.9 Å². The quantitative estimate of drug-likeness (QED) is 0.679. The van der Waals surface area contributed by atoms with E-state index in [1.165, 1.54) is 11.8 Å². The van der Waals surface area contributed by atoms with E-state index in [0.29, 0.717) is 22.6 Å². The number of nitrogens with zero attached hydrogens (tertiary/aromatic N) is 5. The van der Waals surface area contributed by atoms with Crippen molar-refractivity contribution in [2.75, 3.05) is 0 Å². The molecule has 0 aliphatic heterocycles. The summed E-state index contributed by atoms with van der Waals surface area (Å²) in [4.78, 5) is 8.37. The molecular formula is C12H11N5OS. The van der Waals surface area contributed by atoms with Crippen LogP contribution in [0.5, 0.6) is 0 Å². The van der Waals surface area contributed by atoms with Crippen LogP contribution in [0, 0.1) is 6.92 Å². The molecule has 0 aliphatic carbocycles. The molecule has 0 amide bonds. The van der Waals surface area contributed by atoms with E-state index in [4.69, 9.17) is 4.52 Å². The summed E-state index contributed by atoms with van der Waals surface area (Å²) in [6.45, 7) is 1.77. The fourth-order valence-corrected chi connectivity index (χ4v) is 2.19. The number of hydrogen-bond donors (Lipinski definition) is 0. The molecule has 0 aliphatic rings. The summed E-state index contributed by atoms with van der Waals surface area (Å²) < 4.78 is 6.65. The van der Waals surface area contributed by atoms with Gasteiger partial charge in [0.05, 0.1) is 11.4 Å². The molecule has 0 bridgehead atoms. The van der Waals surface area contributed by atoms with Crippen LogP contribution in [0.3, 0.4) is 0 Å². The zero-order valence-corrected chi connectivity index (χ0v) is 11.0. The number of para-hydroxylation sites is 1. The molecule has 1 aromatic carbocycles. The highest BCUT2D eigenvalue weighted by Gasteiger charge is 2.07. The Balaban J connectivity index is 1.68. The largest absolute Gasteiger partial charge is 0.340 e. The van der Waals surface area contributed by atoms with Crippen LogP contribution in [0.15, 0.2) is 46.3 Å². The van der Waals surface area contributed by atoms with Gasteiger partial charge in [-0.3, -0.25) is 0 Å². The first-order valence-electron chi connectivity index (χ1n) is 5.70. The first-order chi connectivity index (χ1) is 9.31. The van der Waals surface area contributed by atoms with Gasteiger partial charge < -0.3 is 4.52 Å². The second-order valence-electron chi connectivity index (χ2n) is 3.83. The van der Waals surface area contributed by atoms with Crippen LogP contribution in [-0.4, -0.2) is 24.9 Å². The van der Waals surface area contributed by atoms with E-state index in [0.717, 1.165) is 5.69 Å². The van der Waals surface area contributed by atoms with Gasteiger partial charge in [-0.05, 0) is 12.1 Å². The zero-order valence-electron chi connectivity index (χ0n) is 10.2. The number of aromatic nitrogens is 5. The van der Waals surface area contributed by atoms with Crippen LogP contribution in [-0.2, 0) is 5.75 Å². The number of aryl methyl sites for hydroxylation is 1. The highest BCUT2D eigenvalue weighted by Crippen LogP contribution is 2.18. The van der Waals surface area contributed by atoms with Gasteiger partial charge in [0.1, 0.15) is 6.33 Å². The average Bonchev–Trinajstić information content (AvgIpc) is 3.06. The molecule has 0 spiro atoms. The molecule has 3 aromatic rings. The number of hydrogen-bond acceptors (Lipinski definition) is 6. The smallest absolute Gasteiger partial charge is 0.223 e. The van der Waals surface area contributed by atoms with Crippen molar-refractivity contribution < 1.29 is 4.52 Å². The molecule has 2 aromatic heterocycles.